The molecule has 0 aliphatic rings. The van der Waals surface area contributed by atoms with Crippen molar-refractivity contribution >= 4 is 0 Å². The first-order valence-electron chi connectivity index (χ1n) is 8.49. The minimum atomic E-state index is -0.295. The average Bonchev–Trinajstić information content (AvgIpc) is 2.71. The topological polar surface area (TPSA) is 38.7 Å². The zero-order valence-corrected chi connectivity index (χ0v) is 17.9. The molecule has 4 aromatic rings. The van der Waals surface area contributed by atoms with Gasteiger partial charge in [0.25, 0.3) is 0 Å². The van der Waals surface area contributed by atoms with Crippen molar-refractivity contribution in [2.75, 3.05) is 0 Å². The van der Waals surface area contributed by atoms with Gasteiger partial charge < -0.3 is 9.97 Å². The fraction of sp³-hybridized carbons (Fsp3) is 0.0870. The molecule has 0 aliphatic carbocycles. The molecule has 0 saturated heterocycles. The molecule has 0 spiro atoms. The first-order chi connectivity index (χ1) is 13.1. The van der Waals surface area contributed by atoms with E-state index < -0.39 is 0 Å². The smallest absolute Gasteiger partial charge is 0.0539 e. The van der Waals surface area contributed by atoms with Crippen molar-refractivity contribution < 1.29 is 24.5 Å². The maximum atomic E-state index is 12.7. The number of hydrogen-bond acceptors (Lipinski definition) is 3. The number of aryl methyl sites for hydroxylation is 2. The van der Waals surface area contributed by atoms with Gasteiger partial charge in [0, 0.05) is 49.7 Å². The van der Waals surface area contributed by atoms with Gasteiger partial charge in [0.1, 0.15) is 0 Å². The maximum Gasteiger partial charge on any atom is 0.0539 e. The summed E-state index contributed by atoms with van der Waals surface area (Å²) in [5, 5.41) is 0. The van der Waals surface area contributed by atoms with E-state index in [-0.39, 0.29) is 25.9 Å². The zero-order valence-electron chi connectivity index (χ0n) is 15.5. The summed E-state index contributed by atoms with van der Waals surface area (Å²) >= 11 is 0. The Bertz CT molecular complexity index is 954. The summed E-state index contributed by atoms with van der Waals surface area (Å²) in [6.45, 7) is 3.77. The van der Waals surface area contributed by atoms with Crippen LogP contribution >= 0.6 is 0 Å². The minimum absolute atomic E-state index is 0. The van der Waals surface area contributed by atoms with Crippen molar-refractivity contribution in [2.45, 2.75) is 13.8 Å². The summed E-state index contributed by atoms with van der Waals surface area (Å²) in [5.41, 5.74) is 5.23. The van der Waals surface area contributed by atoms with Gasteiger partial charge in [0.15, 0.2) is 0 Å². The largest absolute Gasteiger partial charge is 0.305 e. The summed E-state index contributed by atoms with van der Waals surface area (Å²) in [4.78, 5) is 12.8. The van der Waals surface area contributed by atoms with Crippen LogP contribution in [0.4, 0.5) is 4.39 Å². The number of nitrogens with zero attached hydrogens (tertiary/aromatic N) is 3. The molecule has 0 atom stereocenters. The Morgan fingerprint density at radius 3 is 2.29 bits per heavy atom. The molecule has 0 amide bonds. The minimum Gasteiger partial charge on any atom is -0.305 e. The van der Waals surface area contributed by atoms with Gasteiger partial charge in [0.05, 0.1) is 5.69 Å². The third-order valence-corrected chi connectivity index (χ3v) is 3.75. The molecule has 0 fully saturated rings. The first kappa shape index (κ1) is 21.5. The Kier molecular flexibility index (Phi) is 8.12. The predicted molar refractivity (Wildman–Crippen MR) is 104 cm³/mol. The number of hydrogen-bond donors (Lipinski definition) is 0. The summed E-state index contributed by atoms with van der Waals surface area (Å²) < 4.78 is 12.7. The van der Waals surface area contributed by atoms with E-state index in [0.29, 0.717) is 0 Å². The Morgan fingerprint density at radius 1 is 0.857 bits per heavy atom. The van der Waals surface area contributed by atoms with Gasteiger partial charge in [-0.3, -0.25) is 9.37 Å². The van der Waals surface area contributed by atoms with Gasteiger partial charge in [-0.1, -0.05) is 12.1 Å². The van der Waals surface area contributed by atoms with E-state index in [1.54, 1.807) is 18.5 Å². The van der Waals surface area contributed by atoms with Crippen LogP contribution in [0.5, 0.6) is 0 Å². The van der Waals surface area contributed by atoms with E-state index in [0.717, 1.165) is 33.9 Å². The Morgan fingerprint density at radius 2 is 1.68 bits per heavy atom. The summed E-state index contributed by atoms with van der Waals surface area (Å²) in [6.07, 6.45) is 3.48. The molecule has 0 bridgehead atoms. The Balaban J connectivity index is 0.000000198. The number of pyridine rings is 1. The average molecular weight is 548 g/mol. The van der Waals surface area contributed by atoms with Crippen LogP contribution in [0.25, 0.3) is 22.5 Å². The second kappa shape index (κ2) is 10.5. The molecule has 5 heteroatoms. The summed E-state index contributed by atoms with van der Waals surface area (Å²) in [6, 6.07) is 24.0. The molecule has 143 valence electrons. The SMILES string of the molecule is Cc1cnc(-c2[c-]cc(F)cc2)c(C)n1.[Ir].[c-]1ccccc1-c1ccccn1. The molecule has 28 heavy (non-hydrogen) atoms. The monoisotopic (exact) mass is 548 g/mol. The van der Waals surface area contributed by atoms with E-state index in [1.807, 2.05) is 56.3 Å². The Hall–Kier alpha value is -2.75. The molecule has 3 nitrogen and oxygen atoms in total. The van der Waals surface area contributed by atoms with Gasteiger partial charge in [-0.25, -0.2) is 0 Å². The predicted octanol–water partition coefficient (Wildman–Crippen LogP) is 5.25. The quantitative estimate of drug-likeness (QED) is 0.322. The van der Waals surface area contributed by atoms with Crippen LogP contribution in [0.15, 0.2) is 73.1 Å². The number of benzene rings is 2. The maximum absolute atomic E-state index is 12.7. The third kappa shape index (κ3) is 5.88. The van der Waals surface area contributed by atoms with Crippen molar-refractivity contribution in [1.29, 1.82) is 0 Å². The molecule has 4 rings (SSSR count). The molecule has 2 aromatic carbocycles. The van der Waals surface area contributed by atoms with Crippen LogP contribution in [0.3, 0.4) is 0 Å². The number of aromatic nitrogens is 3. The van der Waals surface area contributed by atoms with E-state index in [9.17, 15) is 4.39 Å². The van der Waals surface area contributed by atoms with Gasteiger partial charge in [-0.05, 0) is 25.6 Å². The fourth-order valence-corrected chi connectivity index (χ4v) is 2.49. The molecular weight excluding hydrogens is 529 g/mol. The number of rotatable bonds is 2. The third-order valence-electron chi connectivity index (χ3n) is 3.75. The van der Waals surface area contributed by atoms with E-state index >= 15 is 0 Å². The van der Waals surface area contributed by atoms with E-state index in [1.165, 1.54) is 12.1 Å². The second-order valence-corrected chi connectivity index (χ2v) is 5.86. The molecule has 0 aliphatic heterocycles. The van der Waals surface area contributed by atoms with Crippen LogP contribution in [0.1, 0.15) is 11.4 Å². The molecule has 0 N–H and O–H groups in total. The van der Waals surface area contributed by atoms with Crippen LogP contribution in [0, 0.1) is 31.8 Å². The summed E-state index contributed by atoms with van der Waals surface area (Å²) in [5.74, 6) is -0.295. The van der Waals surface area contributed by atoms with E-state index in [4.69, 9.17) is 0 Å². The zero-order chi connectivity index (χ0) is 19.1. The normalized spacial score (nSPS) is 9.68. The standard InChI is InChI=1S/C12H10FN2.C11H8N.Ir/c1-8-7-14-12(9(2)15-8)10-3-5-11(13)6-4-10;1-2-6-10(7-3-1)11-8-4-5-9-12-11;/h3,5-7H,1-2H3;1-6,8-9H;/q2*-1;. The molecule has 2 aromatic heterocycles. The van der Waals surface area contributed by atoms with Crippen molar-refractivity contribution in [3.8, 4) is 22.5 Å². The number of halogens is 1. The van der Waals surface area contributed by atoms with Crippen molar-refractivity contribution in [2.24, 2.45) is 0 Å². The van der Waals surface area contributed by atoms with Gasteiger partial charge in [-0.15, -0.1) is 65.7 Å². The summed E-state index contributed by atoms with van der Waals surface area (Å²) in [7, 11) is 0. The molecule has 1 radical (unpaired) electrons. The first-order valence-corrected chi connectivity index (χ1v) is 8.49. The molecule has 0 saturated carbocycles. The second-order valence-electron chi connectivity index (χ2n) is 5.86. The van der Waals surface area contributed by atoms with Crippen LogP contribution in [-0.2, 0) is 20.1 Å². The van der Waals surface area contributed by atoms with Gasteiger partial charge in [0.2, 0.25) is 0 Å². The Labute approximate surface area is 178 Å². The van der Waals surface area contributed by atoms with Crippen LogP contribution in [0.2, 0.25) is 0 Å². The van der Waals surface area contributed by atoms with Gasteiger partial charge >= 0.3 is 0 Å². The molecule has 0 unspecified atom stereocenters. The fourth-order valence-electron chi connectivity index (χ4n) is 2.49. The van der Waals surface area contributed by atoms with Crippen LogP contribution < -0.4 is 0 Å². The van der Waals surface area contributed by atoms with Crippen molar-refractivity contribution in [3.05, 3.63) is 102 Å². The van der Waals surface area contributed by atoms with Gasteiger partial charge in [-0.2, -0.15) is 0 Å². The van der Waals surface area contributed by atoms with Crippen molar-refractivity contribution in [1.82, 2.24) is 15.0 Å². The van der Waals surface area contributed by atoms with Crippen molar-refractivity contribution in [3.63, 3.8) is 0 Å². The molecule has 2 heterocycles. The molecular formula is C23H18FIrN3-2. The van der Waals surface area contributed by atoms with E-state index in [2.05, 4.69) is 27.1 Å². The van der Waals surface area contributed by atoms with Crippen LogP contribution in [-0.4, -0.2) is 15.0 Å².